The van der Waals surface area contributed by atoms with Gasteiger partial charge in [-0.1, -0.05) is 101 Å². The van der Waals surface area contributed by atoms with Gasteiger partial charge in [-0.15, -0.1) is 11.6 Å². The first kappa shape index (κ1) is 28.8. The van der Waals surface area contributed by atoms with Crippen LogP contribution >= 0.6 is 0 Å². The van der Waals surface area contributed by atoms with E-state index in [9.17, 15) is 0 Å². The van der Waals surface area contributed by atoms with Crippen LogP contribution in [0.2, 0.25) is 0 Å². The summed E-state index contributed by atoms with van der Waals surface area (Å²) in [5.41, 5.74) is 6.13. The molecular formula is C39H24N4O3Pt. The molecule has 4 heterocycles. The Hall–Kier alpha value is -5.65. The largest absolute Gasteiger partial charge is 2.00 e. The predicted molar refractivity (Wildman–Crippen MR) is 180 cm³/mol. The number of anilines is 3. The minimum absolute atomic E-state index is 0. The maximum absolute atomic E-state index is 6.61. The molecule has 0 unspecified atom stereocenters. The molecule has 0 aliphatic carbocycles. The van der Waals surface area contributed by atoms with E-state index in [1.54, 1.807) is 10.9 Å². The molecule has 0 saturated carbocycles. The maximum atomic E-state index is 6.61. The van der Waals surface area contributed by atoms with E-state index < -0.39 is 0 Å². The van der Waals surface area contributed by atoms with Crippen molar-refractivity contribution in [1.29, 1.82) is 0 Å². The molecule has 4 aromatic heterocycles. The van der Waals surface area contributed by atoms with E-state index in [1.165, 1.54) is 0 Å². The number of ether oxygens (including phenoxy) is 1. The normalized spacial score (nSPS) is 11.3. The third kappa shape index (κ3) is 4.96. The number of aryl methyl sites for hydroxylation is 1. The molecule has 0 radical (unpaired) electrons. The van der Waals surface area contributed by atoms with Crippen molar-refractivity contribution in [2.24, 2.45) is 7.05 Å². The van der Waals surface area contributed by atoms with Gasteiger partial charge in [-0.3, -0.25) is 4.68 Å². The van der Waals surface area contributed by atoms with Crippen molar-refractivity contribution in [2.75, 3.05) is 4.90 Å². The topological polar surface area (TPSA) is 69.5 Å². The van der Waals surface area contributed by atoms with Crippen molar-refractivity contribution >= 4 is 61.1 Å². The SMILES string of the molecule is Cn1ccc(-c2[c-]c(Oc3[c-]c(N(c4ccccc4)c4ccccn4)c4c(c3)oc3ccccc34)cc3oc4ccccc4c23)n1.[Pt+2]. The smallest absolute Gasteiger partial charge is 0.503 e. The summed E-state index contributed by atoms with van der Waals surface area (Å²) in [7, 11) is 1.90. The Morgan fingerprint density at radius 2 is 1.32 bits per heavy atom. The second-order valence-electron chi connectivity index (χ2n) is 11.0. The van der Waals surface area contributed by atoms with Crippen molar-refractivity contribution in [2.45, 2.75) is 0 Å². The maximum Gasteiger partial charge on any atom is 2.00 e. The van der Waals surface area contributed by atoms with E-state index in [2.05, 4.69) is 28.2 Å². The van der Waals surface area contributed by atoms with Crippen LogP contribution in [0.3, 0.4) is 0 Å². The average molecular weight is 792 g/mol. The van der Waals surface area contributed by atoms with Gasteiger partial charge < -0.3 is 18.5 Å². The standard InChI is InChI=1S/C39H24N4O3.Pt/c1-42-20-18-31(41-42)30-21-26(23-35-38(30)28-13-5-7-15-33(28)45-35)44-27-22-32(39-29-14-6-8-16-34(29)46-36(39)24-27)43(25-11-3-2-4-12-25)37-17-9-10-19-40-37;/h2-20,23-24H,1H3;/q-2;+2. The molecule has 0 atom stereocenters. The molecule has 0 N–H and O–H groups in total. The van der Waals surface area contributed by atoms with E-state index >= 15 is 0 Å². The van der Waals surface area contributed by atoms with Crippen molar-refractivity contribution in [3.8, 4) is 22.8 Å². The first-order valence-corrected chi connectivity index (χ1v) is 14.9. The van der Waals surface area contributed by atoms with Gasteiger partial charge in [-0.25, -0.2) is 10.1 Å². The quantitative estimate of drug-likeness (QED) is 0.156. The minimum atomic E-state index is 0. The Balaban J connectivity index is 0.00000324. The van der Waals surface area contributed by atoms with Crippen LogP contribution in [0.1, 0.15) is 0 Å². The zero-order valence-corrected chi connectivity index (χ0v) is 27.2. The number of benzene rings is 5. The molecule has 9 aromatic rings. The van der Waals surface area contributed by atoms with Gasteiger partial charge in [0.25, 0.3) is 0 Å². The zero-order chi connectivity index (χ0) is 30.6. The molecule has 0 bridgehead atoms. The molecule has 0 amide bonds. The van der Waals surface area contributed by atoms with Crippen LogP contribution in [0.25, 0.3) is 55.1 Å². The van der Waals surface area contributed by atoms with E-state index in [0.29, 0.717) is 22.7 Å². The van der Waals surface area contributed by atoms with Gasteiger partial charge in [-0.2, -0.15) is 0 Å². The fourth-order valence-corrected chi connectivity index (χ4v) is 6.09. The summed E-state index contributed by atoms with van der Waals surface area (Å²) in [5.74, 6) is 1.66. The number of furan rings is 2. The number of hydrogen-bond donors (Lipinski definition) is 0. The van der Waals surface area contributed by atoms with E-state index in [0.717, 1.165) is 61.2 Å². The Morgan fingerprint density at radius 3 is 2.00 bits per heavy atom. The van der Waals surface area contributed by atoms with Gasteiger partial charge in [0.15, 0.2) is 0 Å². The number of hydrogen-bond acceptors (Lipinski definition) is 6. The number of fused-ring (bicyclic) bond motifs is 6. The van der Waals surface area contributed by atoms with E-state index in [4.69, 9.17) is 18.6 Å². The molecular weight excluding hydrogens is 768 g/mol. The molecule has 0 aliphatic heterocycles. The van der Waals surface area contributed by atoms with Gasteiger partial charge in [0.05, 0.1) is 5.58 Å². The van der Waals surface area contributed by atoms with Crippen LogP contribution in [-0.4, -0.2) is 14.8 Å². The summed E-state index contributed by atoms with van der Waals surface area (Å²) in [4.78, 5) is 6.80. The van der Waals surface area contributed by atoms with Crippen molar-refractivity contribution in [3.05, 3.63) is 140 Å². The summed E-state index contributed by atoms with van der Waals surface area (Å²) < 4.78 is 21.1. The van der Waals surface area contributed by atoms with E-state index in [1.807, 2.05) is 122 Å². The van der Waals surface area contributed by atoms with Gasteiger partial charge in [0.2, 0.25) is 0 Å². The molecule has 5 aromatic carbocycles. The Labute approximate surface area is 283 Å². The predicted octanol–water partition coefficient (Wildman–Crippen LogP) is 10.1. The Morgan fingerprint density at radius 1 is 0.681 bits per heavy atom. The first-order chi connectivity index (χ1) is 22.7. The molecule has 47 heavy (non-hydrogen) atoms. The fourth-order valence-electron chi connectivity index (χ4n) is 6.09. The number of para-hydroxylation sites is 3. The Bertz CT molecular complexity index is 2500. The van der Waals surface area contributed by atoms with Crippen LogP contribution in [0.15, 0.2) is 136 Å². The van der Waals surface area contributed by atoms with Crippen LogP contribution in [0.5, 0.6) is 11.5 Å². The van der Waals surface area contributed by atoms with Crippen LogP contribution < -0.4 is 9.64 Å². The number of nitrogens with zero attached hydrogens (tertiary/aromatic N) is 4. The Kier molecular flexibility index (Phi) is 7.11. The molecule has 0 fully saturated rings. The fraction of sp³-hybridized carbons (Fsp3) is 0.0256. The van der Waals surface area contributed by atoms with Crippen molar-refractivity contribution in [3.63, 3.8) is 0 Å². The first-order valence-electron chi connectivity index (χ1n) is 14.9. The summed E-state index contributed by atoms with van der Waals surface area (Å²) >= 11 is 0. The minimum Gasteiger partial charge on any atom is -0.503 e. The third-order valence-electron chi connectivity index (χ3n) is 8.05. The van der Waals surface area contributed by atoms with Gasteiger partial charge >= 0.3 is 21.1 Å². The van der Waals surface area contributed by atoms with E-state index in [-0.39, 0.29) is 21.1 Å². The van der Waals surface area contributed by atoms with Crippen LogP contribution in [-0.2, 0) is 28.1 Å². The molecule has 9 rings (SSSR count). The number of pyridine rings is 1. The molecule has 7 nitrogen and oxygen atoms in total. The summed E-state index contributed by atoms with van der Waals surface area (Å²) in [6.45, 7) is 0. The second-order valence-corrected chi connectivity index (χ2v) is 11.0. The molecule has 0 saturated heterocycles. The van der Waals surface area contributed by atoms with Crippen molar-refractivity contribution < 1.29 is 34.6 Å². The monoisotopic (exact) mass is 791 g/mol. The van der Waals surface area contributed by atoms with Gasteiger partial charge in [0.1, 0.15) is 17.0 Å². The van der Waals surface area contributed by atoms with Crippen LogP contribution in [0.4, 0.5) is 17.2 Å². The molecule has 8 heteroatoms. The number of rotatable bonds is 6. The van der Waals surface area contributed by atoms with Crippen molar-refractivity contribution in [1.82, 2.24) is 14.8 Å². The summed E-state index contributed by atoms with van der Waals surface area (Å²) in [6, 6.07) is 44.7. The van der Waals surface area contributed by atoms with Crippen LogP contribution in [0, 0.1) is 12.1 Å². The third-order valence-corrected chi connectivity index (χ3v) is 8.05. The molecule has 228 valence electrons. The number of aromatic nitrogens is 3. The average Bonchev–Trinajstić information content (AvgIpc) is 3.80. The van der Waals surface area contributed by atoms with Gasteiger partial charge in [-0.05, 0) is 47.2 Å². The second kappa shape index (κ2) is 11.6. The molecule has 0 spiro atoms. The van der Waals surface area contributed by atoms with Gasteiger partial charge in [0, 0.05) is 47.9 Å². The zero-order valence-electron chi connectivity index (χ0n) is 25.0. The molecule has 0 aliphatic rings. The summed E-state index contributed by atoms with van der Waals surface area (Å²) in [5, 5.41) is 8.49. The summed E-state index contributed by atoms with van der Waals surface area (Å²) in [6.07, 6.45) is 3.70.